The molecule has 6 heteroatoms. The van der Waals surface area contributed by atoms with E-state index in [0.717, 1.165) is 11.1 Å². The highest BCUT2D eigenvalue weighted by Crippen LogP contribution is 2.12. The monoisotopic (exact) mass is 357 g/mol. The summed E-state index contributed by atoms with van der Waals surface area (Å²) in [6.07, 6.45) is 1.38. The second-order valence-corrected chi connectivity index (χ2v) is 6.52. The van der Waals surface area contributed by atoms with E-state index >= 15 is 0 Å². The first kappa shape index (κ1) is 19.4. The predicted molar refractivity (Wildman–Crippen MR) is 96.0 cm³/mol. The zero-order valence-electron chi connectivity index (χ0n) is 15.4. The summed E-state index contributed by atoms with van der Waals surface area (Å²) >= 11 is 0. The van der Waals surface area contributed by atoms with Crippen LogP contribution in [0.25, 0.3) is 0 Å². The summed E-state index contributed by atoms with van der Waals surface area (Å²) in [4.78, 5) is 36.7. The van der Waals surface area contributed by atoms with E-state index in [9.17, 15) is 14.4 Å². The van der Waals surface area contributed by atoms with Crippen molar-refractivity contribution >= 4 is 17.7 Å². The van der Waals surface area contributed by atoms with E-state index in [1.807, 2.05) is 26.0 Å². The Labute approximate surface area is 152 Å². The Morgan fingerprint density at radius 1 is 1.15 bits per heavy atom. The largest absolute Gasteiger partial charge is 0.459 e. The Morgan fingerprint density at radius 3 is 2.46 bits per heavy atom. The summed E-state index contributed by atoms with van der Waals surface area (Å²) in [6.45, 7) is 6.96. The van der Waals surface area contributed by atoms with Crippen LogP contribution < -0.4 is 5.32 Å². The number of Topliss-reactive ketones (excluding diaryl/α,β-unsaturated/α-hetero) is 1. The van der Waals surface area contributed by atoms with Gasteiger partial charge in [0.05, 0.1) is 6.26 Å². The number of aryl methyl sites for hydroxylation is 2. The SMILES string of the molecule is Cc1ccc(C(=O)COC(=O)[C@@H](NC(=O)c2ccco2)C(C)C)c(C)c1. The number of amides is 1. The van der Waals surface area contributed by atoms with Crippen molar-refractivity contribution < 1.29 is 23.5 Å². The molecule has 0 radical (unpaired) electrons. The molecule has 0 aliphatic rings. The standard InChI is InChI=1S/C20H23NO5/c1-12(2)18(21-19(23)17-6-5-9-25-17)20(24)26-11-16(22)15-8-7-13(3)10-14(15)4/h5-10,12,18H,11H2,1-4H3,(H,21,23)/t18-/m0/s1. The van der Waals surface area contributed by atoms with Crippen molar-refractivity contribution in [3.8, 4) is 0 Å². The Balaban J connectivity index is 1.99. The van der Waals surface area contributed by atoms with Crippen LogP contribution in [0.5, 0.6) is 0 Å². The minimum atomic E-state index is -0.875. The fourth-order valence-corrected chi connectivity index (χ4v) is 2.55. The Morgan fingerprint density at radius 2 is 1.88 bits per heavy atom. The predicted octanol–water partition coefficient (Wildman–Crippen LogP) is 3.08. The molecule has 26 heavy (non-hydrogen) atoms. The first-order valence-corrected chi connectivity index (χ1v) is 8.41. The molecular weight excluding hydrogens is 334 g/mol. The summed E-state index contributed by atoms with van der Waals surface area (Å²) in [5, 5.41) is 2.58. The third-order valence-corrected chi connectivity index (χ3v) is 3.98. The van der Waals surface area contributed by atoms with Crippen LogP contribution in [0, 0.1) is 19.8 Å². The average Bonchev–Trinajstić information content (AvgIpc) is 3.11. The first-order valence-electron chi connectivity index (χ1n) is 8.41. The van der Waals surface area contributed by atoms with Crippen LogP contribution in [-0.2, 0) is 9.53 Å². The van der Waals surface area contributed by atoms with Crippen LogP contribution in [0.15, 0.2) is 41.0 Å². The second kappa shape index (κ2) is 8.47. The molecule has 1 amide bonds. The van der Waals surface area contributed by atoms with Gasteiger partial charge in [-0.15, -0.1) is 0 Å². The zero-order chi connectivity index (χ0) is 19.3. The van der Waals surface area contributed by atoms with E-state index in [0.29, 0.717) is 5.56 Å². The smallest absolute Gasteiger partial charge is 0.329 e. The number of hydrogen-bond donors (Lipinski definition) is 1. The van der Waals surface area contributed by atoms with Gasteiger partial charge in [-0.3, -0.25) is 9.59 Å². The van der Waals surface area contributed by atoms with Gasteiger partial charge in [0, 0.05) is 5.56 Å². The van der Waals surface area contributed by atoms with Gasteiger partial charge in [-0.05, 0) is 37.5 Å². The number of nitrogens with one attached hydrogen (secondary N) is 1. The van der Waals surface area contributed by atoms with E-state index in [1.54, 1.807) is 26.0 Å². The van der Waals surface area contributed by atoms with Gasteiger partial charge >= 0.3 is 5.97 Å². The minimum absolute atomic E-state index is 0.106. The Hall–Kier alpha value is -2.89. The maximum Gasteiger partial charge on any atom is 0.329 e. The molecule has 0 bridgehead atoms. The molecule has 2 rings (SSSR count). The van der Waals surface area contributed by atoms with Crippen molar-refractivity contribution in [1.29, 1.82) is 0 Å². The molecule has 0 spiro atoms. The number of benzene rings is 1. The highest BCUT2D eigenvalue weighted by Gasteiger charge is 2.27. The molecule has 0 unspecified atom stereocenters. The quantitative estimate of drug-likeness (QED) is 0.608. The number of rotatable bonds is 7. The number of furan rings is 1. The fourth-order valence-electron chi connectivity index (χ4n) is 2.55. The van der Waals surface area contributed by atoms with E-state index < -0.39 is 17.9 Å². The molecule has 0 saturated carbocycles. The number of carbonyl (C=O) groups is 3. The first-order chi connectivity index (χ1) is 12.3. The molecule has 6 nitrogen and oxygen atoms in total. The highest BCUT2D eigenvalue weighted by atomic mass is 16.5. The van der Waals surface area contributed by atoms with Gasteiger partial charge in [-0.2, -0.15) is 0 Å². The lowest BCUT2D eigenvalue weighted by Gasteiger charge is -2.20. The van der Waals surface area contributed by atoms with Gasteiger partial charge < -0.3 is 14.5 Å². The van der Waals surface area contributed by atoms with Crippen molar-refractivity contribution in [3.63, 3.8) is 0 Å². The number of carbonyl (C=O) groups excluding carboxylic acids is 3. The van der Waals surface area contributed by atoms with Crippen LogP contribution in [0.2, 0.25) is 0 Å². The van der Waals surface area contributed by atoms with Crippen molar-refractivity contribution in [2.24, 2.45) is 5.92 Å². The summed E-state index contributed by atoms with van der Waals surface area (Å²) in [5.41, 5.74) is 2.40. The zero-order valence-corrected chi connectivity index (χ0v) is 15.4. The molecule has 0 aliphatic heterocycles. The Bertz CT molecular complexity index is 793. The number of esters is 1. The van der Waals surface area contributed by atoms with Gasteiger partial charge in [0.2, 0.25) is 5.78 Å². The van der Waals surface area contributed by atoms with E-state index in [4.69, 9.17) is 9.15 Å². The maximum absolute atomic E-state index is 12.3. The lowest BCUT2D eigenvalue weighted by atomic mass is 10.0. The molecule has 138 valence electrons. The molecule has 1 aromatic heterocycles. The molecule has 1 aromatic carbocycles. The molecule has 2 aromatic rings. The van der Waals surface area contributed by atoms with Crippen LogP contribution in [-0.4, -0.2) is 30.3 Å². The summed E-state index contributed by atoms with van der Waals surface area (Å²) in [7, 11) is 0. The molecule has 0 fully saturated rings. The minimum Gasteiger partial charge on any atom is -0.459 e. The van der Waals surface area contributed by atoms with Gasteiger partial charge in [0.1, 0.15) is 6.04 Å². The van der Waals surface area contributed by atoms with Crippen LogP contribution in [0.1, 0.15) is 45.9 Å². The molecule has 1 atom stereocenters. The number of ketones is 1. The van der Waals surface area contributed by atoms with Gasteiger partial charge in [0.25, 0.3) is 5.91 Å². The van der Waals surface area contributed by atoms with Crippen molar-refractivity contribution in [2.75, 3.05) is 6.61 Å². The normalized spacial score (nSPS) is 11.9. The molecule has 0 aliphatic carbocycles. The van der Waals surface area contributed by atoms with Crippen molar-refractivity contribution in [3.05, 3.63) is 59.0 Å². The van der Waals surface area contributed by atoms with Crippen molar-refractivity contribution in [1.82, 2.24) is 5.32 Å². The lowest BCUT2D eigenvalue weighted by molar-refractivity contribution is -0.145. The van der Waals surface area contributed by atoms with E-state index in [1.165, 1.54) is 12.3 Å². The van der Waals surface area contributed by atoms with Crippen molar-refractivity contribution in [2.45, 2.75) is 33.7 Å². The maximum atomic E-state index is 12.3. The van der Waals surface area contributed by atoms with Gasteiger partial charge in [0.15, 0.2) is 12.4 Å². The summed E-state index contributed by atoms with van der Waals surface area (Å²) < 4.78 is 10.2. The third kappa shape index (κ3) is 4.81. The highest BCUT2D eigenvalue weighted by molar-refractivity contribution is 6.00. The van der Waals surface area contributed by atoms with Gasteiger partial charge in [-0.1, -0.05) is 37.6 Å². The Kier molecular flexibility index (Phi) is 6.33. The molecular formula is C20H23NO5. The second-order valence-electron chi connectivity index (χ2n) is 6.52. The fraction of sp³-hybridized carbons (Fsp3) is 0.350. The van der Waals surface area contributed by atoms with E-state index in [-0.39, 0.29) is 24.1 Å². The molecule has 1 N–H and O–H groups in total. The summed E-state index contributed by atoms with van der Waals surface area (Å²) in [6, 6.07) is 7.67. The third-order valence-electron chi connectivity index (χ3n) is 3.98. The van der Waals surface area contributed by atoms with Gasteiger partial charge in [-0.25, -0.2) is 4.79 Å². The molecule has 1 heterocycles. The van der Waals surface area contributed by atoms with E-state index in [2.05, 4.69) is 5.32 Å². The van der Waals surface area contributed by atoms with Crippen LogP contribution >= 0.6 is 0 Å². The topological polar surface area (TPSA) is 85.6 Å². The number of hydrogen-bond acceptors (Lipinski definition) is 5. The lowest BCUT2D eigenvalue weighted by Crippen LogP contribution is -2.45. The van der Waals surface area contributed by atoms with Crippen LogP contribution in [0.4, 0.5) is 0 Å². The number of ether oxygens (including phenoxy) is 1. The average molecular weight is 357 g/mol. The summed E-state index contributed by atoms with van der Waals surface area (Å²) in [5.74, 6) is -1.55. The van der Waals surface area contributed by atoms with Crippen LogP contribution in [0.3, 0.4) is 0 Å². The molecule has 0 saturated heterocycles.